The summed E-state index contributed by atoms with van der Waals surface area (Å²) in [6.45, 7) is 11.4. The minimum atomic E-state index is 0.218. The van der Waals surface area contributed by atoms with Crippen LogP contribution in [-0.2, 0) is 5.41 Å². The summed E-state index contributed by atoms with van der Waals surface area (Å²) in [5.41, 5.74) is 6.93. The number of rotatable bonds is 4. The lowest BCUT2D eigenvalue weighted by molar-refractivity contribution is 0.528. The zero-order valence-corrected chi connectivity index (χ0v) is 16.8. The molecule has 0 saturated heterocycles. The molecule has 0 unspecified atom stereocenters. The fourth-order valence-corrected chi connectivity index (χ4v) is 4.25. The molecule has 0 nitrogen and oxygen atoms in total. The lowest BCUT2D eigenvalue weighted by atomic mass is 9.75. The van der Waals surface area contributed by atoms with Crippen LogP contribution in [0.4, 0.5) is 0 Å². The largest absolute Gasteiger partial charge is 0.123 e. The van der Waals surface area contributed by atoms with E-state index in [0.29, 0.717) is 5.25 Å². The Hall–Kier alpha value is -1.73. The number of aryl methyl sites for hydroxylation is 1. The van der Waals surface area contributed by atoms with Crippen LogP contribution in [0.5, 0.6) is 0 Å². The molecule has 0 heterocycles. The summed E-state index contributed by atoms with van der Waals surface area (Å²) >= 11 is 1.98. The lowest BCUT2D eigenvalue weighted by Gasteiger charge is -2.32. The lowest BCUT2D eigenvalue weighted by Crippen LogP contribution is -2.21. The molecule has 2 aromatic carbocycles. The van der Waals surface area contributed by atoms with Crippen molar-refractivity contribution in [1.29, 1.82) is 0 Å². The number of thioether (sulfide) groups is 1. The third-order valence-electron chi connectivity index (χ3n) is 4.74. The van der Waals surface area contributed by atoms with Crippen LogP contribution in [0.3, 0.4) is 0 Å². The van der Waals surface area contributed by atoms with Crippen LogP contribution in [-0.4, -0.2) is 5.25 Å². The molecular formula is C24H28S. The molecule has 0 N–H and O–H groups in total. The molecule has 0 bridgehead atoms. The van der Waals surface area contributed by atoms with Crippen molar-refractivity contribution in [2.24, 2.45) is 0 Å². The highest BCUT2D eigenvalue weighted by molar-refractivity contribution is 8.08. The van der Waals surface area contributed by atoms with Gasteiger partial charge in [-0.05, 0) is 47.1 Å². The summed E-state index contributed by atoms with van der Waals surface area (Å²) in [6, 6.07) is 15.6. The van der Waals surface area contributed by atoms with Gasteiger partial charge in [0.1, 0.15) is 0 Å². The zero-order chi connectivity index (χ0) is 18.0. The van der Waals surface area contributed by atoms with Crippen molar-refractivity contribution in [1.82, 2.24) is 0 Å². The van der Waals surface area contributed by atoms with E-state index in [4.69, 9.17) is 0 Å². The van der Waals surface area contributed by atoms with E-state index in [1.165, 1.54) is 32.7 Å². The van der Waals surface area contributed by atoms with Gasteiger partial charge in [-0.25, -0.2) is 0 Å². The molecule has 1 aliphatic carbocycles. The van der Waals surface area contributed by atoms with Gasteiger partial charge < -0.3 is 0 Å². The molecule has 0 amide bonds. The Bertz CT molecular complexity index is 804. The molecule has 3 rings (SSSR count). The summed E-state index contributed by atoms with van der Waals surface area (Å²) in [4.78, 5) is 1.44. The van der Waals surface area contributed by atoms with Gasteiger partial charge in [-0.2, -0.15) is 0 Å². The number of allylic oxidation sites excluding steroid dienone is 1. The molecule has 25 heavy (non-hydrogen) atoms. The van der Waals surface area contributed by atoms with Gasteiger partial charge in [-0.3, -0.25) is 0 Å². The van der Waals surface area contributed by atoms with Crippen LogP contribution < -0.4 is 0 Å². The average Bonchev–Trinajstić information content (AvgIpc) is 2.57. The van der Waals surface area contributed by atoms with Crippen LogP contribution >= 0.6 is 11.8 Å². The van der Waals surface area contributed by atoms with Crippen molar-refractivity contribution < 1.29 is 0 Å². The topological polar surface area (TPSA) is 0 Å². The van der Waals surface area contributed by atoms with E-state index in [-0.39, 0.29) is 5.41 Å². The van der Waals surface area contributed by atoms with Gasteiger partial charge in [-0.15, -0.1) is 11.8 Å². The quantitative estimate of drug-likeness (QED) is 0.521. The highest BCUT2D eigenvalue weighted by atomic mass is 32.2. The summed E-state index contributed by atoms with van der Waals surface area (Å²) in [5, 5.41) is 0.604. The van der Waals surface area contributed by atoms with Crippen molar-refractivity contribution in [3.05, 3.63) is 76.4 Å². The minimum absolute atomic E-state index is 0.218. The van der Waals surface area contributed by atoms with Gasteiger partial charge in [0.25, 0.3) is 0 Å². The highest BCUT2D eigenvalue weighted by Gasteiger charge is 2.28. The molecule has 0 fully saturated rings. The molecule has 0 atom stereocenters. The first-order valence-corrected chi connectivity index (χ1v) is 9.99. The first-order valence-electron chi connectivity index (χ1n) is 9.12. The van der Waals surface area contributed by atoms with Gasteiger partial charge in [0.05, 0.1) is 0 Å². The summed E-state index contributed by atoms with van der Waals surface area (Å²) in [7, 11) is 0. The molecular weight excluding hydrogens is 320 g/mol. The van der Waals surface area contributed by atoms with Crippen molar-refractivity contribution in [2.75, 3.05) is 0 Å². The van der Waals surface area contributed by atoms with Crippen LogP contribution in [0.1, 0.15) is 61.9 Å². The van der Waals surface area contributed by atoms with Crippen molar-refractivity contribution >= 4 is 28.8 Å². The Labute approximate surface area is 157 Å². The molecule has 0 aromatic heterocycles. The fraction of sp³-hybridized carbons (Fsp3) is 0.333. The second-order valence-electron chi connectivity index (χ2n) is 7.87. The van der Waals surface area contributed by atoms with Gasteiger partial charge in [0.2, 0.25) is 0 Å². The summed E-state index contributed by atoms with van der Waals surface area (Å²) < 4.78 is 0. The monoisotopic (exact) mass is 348 g/mol. The van der Waals surface area contributed by atoms with E-state index in [2.05, 4.69) is 95.3 Å². The Morgan fingerprint density at radius 3 is 2.28 bits per heavy atom. The maximum absolute atomic E-state index is 2.43. The number of fused-ring (bicyclic) bond motifs is 1. The number of benzene rings is 2. The van der Waals surface area contributed by atoms with Crippen molar-refractivity contribution in [3.8, 4) is 0 Å². The highest BCUT2D eigenvalue weighted by Crippen LogP contribution is 2.44. The molecule has 0 aliphatic heterocycles. The van der Waals surface area contributed by atoms with E-state index >= 15 is 0 Å². The van der Waals surface area contributed by atoms with Crippen molar-refractivity contribution in [2.45, 2.75) is 51.7 Å². The standard InChI is InChI=1S/C24H28S/c1-17(2)25-23-14-15-24(4,5)22-13-12-20(16-21(22)23)11-10-19-8-6-18(3)7-9-19/h6-14,16-17H,15H2,1-5H3/b11-10+. The normalized spacial score (nSPS) is 16.2. The fourth-order valence-electron chi connectivity index (χ4n) is 3.26. The Morgan fingerprint density at radius 2 is 1.60 bits per heavy atom. The van der Waals surface area contributed by atoms with Gasteiger partial charge in [0, 0.05) is 10.2 Å². The van der Waals surface area contributed by atoms with Gasteiger partial charge in [-0.1, -0.05) is 87.9 Å². The van der Waals surface area contributed by atoms with E-state index in [9.17, 15) is 0 Å². The first-order chi connectivity index (χ1) is 11.8. The smallest absolute Gasteiger partial charge is 0.0111 e. The molecule has 0 saturated carbocycles. The summed E-state index contributed by atoms with van der Waals surface area (Å²) in [6.07, 6.45) is 7.98. The van der Waals surface area contributed by atoms with E-state index in [1.54, 1.807) is 0 Å². The SMILES string of the molecule is Cc1ccc(/C=C/c2ccc3c(c2)C(SC(C)C)=CCC3(C)C)cc1. The van der Waals surface area contributed by atoms with Crippen molar-refractivity contribution in [3.63, 3.8) is 0 Å². The van der Waals surface area contributed by atoms with E-state index in [0.717, 1.165) is 6.42 Å². The Balaban J connectivity index is 1.94. The molecule has 0 radical (unpaired) electrons. The molecule has 1 heteroatoms. The average molecular weight is 349 g/mol. The second-order valence-corrected chi connectivity index (χ2v) is 9.49. The van der Waals surface area contributed by atoms with E-state index in [1.807, 2.05) is 11.8 Å². The van der Waals surface area contributed by atoms with Crippen LogP contribution in [0.15, 0.2) is 48.5 Å². The predicted molar refractivity (Wildman–Crippen MR) is 115 cm³/mol. The van der Waals surface area contributed by atoms with E-state index < -0.39 is 0 Å². The number of hydrogen-bond acceptors (Lipinski definition) is 1. The first kappa shape index (κ1) is 18.1. The Kier molecular flexibility index (Phi) is 5.24. The van der Waals surface area contributed by atoms with Crippen LogP contribution in [0.25, 0.3) is 17.1 Å². The molecule has 0 spiro atoms. The maximum atomic E-state index is 2.43. The Morgan fingerprint density at radius 1 is 0.960 bits per heavy atom. The van der Waals surface area contributed by atoms with Crippen LogP contribution in [0.2, 0.25) is 0 Å². The second kappa shape index (κ2) is 7.25. The van der Waals surface area contributed by atoms with Gasteiger partial charge >= 0.3 is 0 Å². The molecule has 2 aromatic rings. The molecule has 130 valence electrons. The number of hydrogen-bond donors (Lipinski definition) is 0. The third-order valence-corrected chi connectivity index (χ3v) is 5.86. The maximum Gasteiger partial charge on any atom is 0.0111 e. The predicted octanol–water partition coefficient (Wildman–Crippen LogP) is 7.33. The van der Waals surface area contributed by atoms with Crippen LogP contribution in [0, 0.1) is 6.92 Å². The third kappa shape index (κ3) is 4.27. The summed E-state index contributed by atoms with van der Waals surface area (Å²) in [5.74, 6) is 0. The zero-order valence-electron chi connectivity index (χ0n) is 16.0. The van der Waals surface area contributed by atoms with Gasteiger partial charge in [0.15, 0.2) is 0 Å². The molecule has 1 aliphatic rings. The minimum Gasteiger partial charge on any atom is -0.123 e.